The molecule has 7 nitrogen and oxygen atoms in total. The van der Waals surface area contributed by atoms with Crippen LogP contribution in [0, 0.1) is 13.8 Å². The molecule has 0 aliphatic rings. The van der Waals surface area contributed by atoms with Gasteiger partial charge in [0.1, 0.15) is 11.2 Å². The van der Waals surface area contributed by atoms with Crippen molar-refractivity contribution < 1.29 is 14.1 Å². The summed E-state index contributed by atoms with van der Waals surface area (Å²) < 4.78 is 11.5. The first-order valence-corrected chi connectivity index (χ1v) is 7.61. The highest BCUT2D eigenvalue weighted by molar-refractivity contribution is 5.99. The minimum Gasteiger partial charge on any atom is -0.461 e. The van der Waals surface area contributed by atoms with Gasteiger partial charge in [0.15, 0.2) is 0 Å². The first-order valence-electron chi connectivity index (χ1n) is 7.61. The Kier molecular flexibility index (Phi) is 4.16. The number of hydrogen-bond donors (Lipinski definition) is 0. The number of benzene rings is 1. The Morgan fingerprint density at radius 1 is 1.29 bits per heavy atom. The molecule has 2 heterocycles. The third kappa shape index (κ3) is 2.68. The zero-order chi connectivity index (χ0) is 17.3. The number of ether oxygens (including phenoxy) is 1. The molecular formula is C17H17N3O4. The maximum absolute atomic E-state index is 12.9. The van der Waals surface area contributed by atoms with E-state index in [1.165, 1.54) is 4.57 Å². The Hall–Kier alpha value is -2.96. The van der Waals surface area contributed by atoms with Gasteiger partial charge in [0.05, 0.1) is 13.2 Å². The van der Waals surface area contributed by atoms with Gasteiger partial charge in [-0.25, -0.2) is 4.79 Å². The fourth-order valence-corrected chi connectivity index (χ4v) is 2.52. The predicted molar refractivity (Wildman–Crippen MR) is 87.0 cm³/mol. The minimum atomic E-state index is -0.693. The lowest BCUT2D eigenvalue weighted by molar-refractivity contribution is 0.0516. The van der Waals surface area contributed by atoms with Gasteiger partial charge in [0.2, 0.25) is 5.69 Å². The summed E-state index contributed by atoms with van der Waals surface area (Å²) in [4.78, 5) is 29.1. The average Bonchev–Trinajstić information content (AvgIpc) is 2.97. The van der Waals surface area contributed by atoms with E-state index in [1.807, 2.05) is 31.2 Å². The molecule has 0 aliphatic carbocycles. The highest BCUT2D eigenvalue weighted by Gasteiger charge is 2.23. The third-order valence-corrected chi connectivity index (χ3v) is 3.85. The Morgan fingerprint density at radius 2 is 2.04 bits per heavy atom. The van der Waals surface area contributed by atoms with Crippen LogP contribution < -0.4 is 5.56 Å². The monoisotopic (exact) mass is 327 g/mol. The van der Waals surface area contributed by atoms with E-state index in [-0.39, 0.29) is 29.0 Å². The summed E-state index contributed by atoms with van der Waals surface area (Å²) in [6.07, 6.45) is 0. The van der Waals surface area contributed by atoms with Crippen LogP contribution in [0.3, 0.4) is 0 Å². The molecule has 1 aromatic carbocycles. The lowest BCUT2D eigenvalue weighted by atomic mass is 10.1. The average molecular weight is 327 g/mol. The molecule has 2 aromatic heterocycles. The summed E-state index contributed by atoms with van der Waals surface area (Å²) >= 11 is 0. The fraction of sp³-hybridized carbons (Fsp3) is 0.294. The highest BCUT2D eigenvalue weighted by atomic mass is 16.5. The van der Waals surface area contributed by atoms with Crippen LogP contribution in [0.4, 0.5) is 0 Å². The Bertz CT molecular complexity index is 972. The molecule has 0 aliphatic heterocycles. The van der Waals surface area contributed by atoms with Crippen molar-refractivity contribution >= 4 is 17.1 Å². The number of fused-ring (bicyclic) bond motifs is 1. The number of nitrogens with zero attached hydrogens (tertiary/aromatic N) is 3. The lowest BCUT2D eigenvalue weighted by Crippen LogP contribution is -2.25. The number of carbonyl (C=O) groups excluding carboxylic acids is 1. The zero-order valence-corrected chi connectivity index (χ0v) is 13.7. The normalized spacial score (nSPS) is 11.0. The van der Waals surface area contributed by atoms with Crippen molar-refractivity contribution in [1.82, 2.24) is 14.7 Å². The van der Waals surface area contributed by atoms with Crippen molar-refractivity contribution in [3.8, 4) is 0 Å². The largest absolute Gasteiger partial charge is 0.461 e. The molecule has 0 amide bonds. The van der Waals surface area contributed by atoms with E-state index >= 15 is 0 Å². The van der Waals surface area contributed by atoms with Crippen LogP contribution in [0.25, 0.3) is 11.1 Å². The quantitative estimate of drug-likeness (QED) is 0.683. The number of aromatic nitrogens is 3. The molecule has 0 unspecified atom stereocenters. The van der Waals surface area contributed by atoms with Gasteiger partial charge < -0.3 is 9.26 Å². The maximum atomic E-state index is 12.9. The second-order valence-corrected chi connectivity index (χ2v) is 5.41. The van der Waals surface area contributed by atoms with Crippen molar-refractivity contribution in [3.05, 3.63) is 57.3 Å². The van der Waals surface area contributed by atoms with Crippen LogP contribution in [-0.4, -0.2) is 27.3 Å². The van der Waals surface area contributed by atoms with Gasteiger partial charge in [-0.3, -0.25) is 9.36 Å². The molecule has 0 saturated heterocycles. The summed E-state index contributed by atoms with van der Waals surface area (Å²) in [5.74, 6) is -0.205. The van der Waals surface area contributed by atoms with Gasteiger partial charge in [-0.1, -0.05) is 29.4 Å². The van der Waals surface area contributed by atoms with E-state index in [2.05, 4.69) is 10.1 Å². The molecule has 7 heteroatoms. The van der Waals surface area contributed by atoms with Crippen molar-refractivity contribution in [1.29, 1.82) is 0 Å². The van der Waals surface area contributed by atoms with E-state index in [1.54, 1.807) is 13.8 Å². The van der Waals surface area contributed by atoms with E-state index in [9.17, 15) is 9.59 Å². The predicted octanol–water partition coefficient (Wildman–Crippen LogP) is 2.23. The zero-order valence-electron chi connectivity index (χ0n) is 13.7. The van der Waals surface area contributed by atoms with Crippen LogP contribution in [0.5, 0.6) is 0 Å². The molecule has 0 atom stereocenters. The number of hydrogen-bond acceptors (Lipinski definition) is 6. The summed E-state index contributed by atoms with van der Waals surface area (Å²) in [7, 11) is 0. The van der Waals surface area contributed by atoms with E-state index in [0.29, 0.717) is 12.4 Å². The molecule has 3 rings (SSSR count). The first kappa shape index (κ1) is 15.9. The molecule has 0 radical (unpaired) electrons. The highest BCUT2D eigenvalue weighted by Crippen LogP contribution is 2.16. The van der Waals surface area contributed by atoms with E-state index in [0.717, 1.165) is 11.1 Å². The molecule has 0 bridgehead atoms. The molecule has 0 fully saturated rings. The van der Waals surface area contributed by atoms with Crippen LogP contribution >= 0.6 is 0 Å². The molecule has 124 valence electrons. The van der Waals surface area contributed by atoms with Crippen LogP contribution in [0.15, 0.2) is 33.6 Å². The number of rotatable bonds is 4. The van der Waals surface area contributed by atoms with E-state index in [4.69, 9.17) is 9.26 Å². The van der Waals surface area contributed by atoms with Gasteiger partial charge in [-0.05, 0) is 31.9 Å². The summed E-state index contributed by atoms with van der Waals surface area (Å²) in [5.41, 5.74) is 1.60. The molecule has 0 spiro atoms. The summed E-state index contributed by atoms with van der Waals surface area (Å²) in [6, 6.07) is 7.78. The summed E-state index contributed by atoms with van der Waals surface area (Å²) in [5, 5.41) is 3.70. The maximum Gasteiger partial charge on any atom is 0.361 e. The Balaban J connectivity index is 2.15. The van der Waals surface area contributed by atoms with Gasteiger partial charge in [0.25, 0.3) is 11.3 Å². The van der Waals surface area contributed by atoms with Gasteiger partial charge in [-0.2, -0.15) is 4.98 Å². The van der Waals surface area contributed by atoms with Crippen LogP contribution in [-0.2, 0) is 11.3 Å². The fourth-order valence-electron chi connectivity index (χ4n) is 2.52. The van der Waals surface area contributed by atoms with Crippen molar-refractivity contribution in [2.75, 3.05) is 6.61 Å². The molecule has 3 aromatic rings. The minimum absolute atomic E-state index is 0.0431. The number of esters is 1. The molecule has 0 saturated carbocycles. The molecule has 24 heavy (non-hydrogen) atoms. The molecular weight excluding hydrogens is 310 g/mol. The second-order valence-electron chi connectivity index (χ2n) is 5.41. The van der Waals surface area contributed by atoms with Crippen molar-refractivity contribution in [2.24, 2.45) is 0 Å². The standard InChI is InChI=1S/C17H17N3O4/c1-4-23-17(22)14-13-15(24-19-14)18-11(3)20(16(13)21)9-12-8-6-5-7-10(12)2/h5-8H,4,9H2,1-3H3. The number of aryl methyl sites for hydroxylation is 2. The van der Waals surface area contributed by atoms with Crippen molar-refractivity contribution in [2.45, 2.75) is 27.3 Å². The first-order chi connectivity index (χ1) is 11.5. The van der Waals surface area contributed by atoms with Gasteiger partial charge in [-0.15, -0.1) is 0 Å². The van der Waals surface area contributed by atoms with Gasteiger partial charge in [0, 0.05) is 0 Å². The van der Waals surface area contributed by atoms with E-state index < -0.39 is 5.97 Å². The summed E-state index contributed by atoms with van der Waals surface area (Å²) in [6.45, 7) is 5.91. The van der Waals surface area contributed by atoms with Crippen LogP contribution in [0.2, 0.25) is 0 Å². The smallest absolute Gasteiger partial charge is 0.361 e. The Labute approximate surface area is 137 Å². The molecule has 0 N–H and O–H groups in total. The topological polar surface area (TPSA) is 87.2 Å². The van der Waals surface area contributed by atoms with Crippen molar-refractivity contribution in [3.63, 3.8) is 0 Å². The number of carbonyl (C=O) groups is 1. The SMILES string of the molecule is CCOC(=O)c1noc2nc(C)n(Cc3ccccc3C)c(=O)c12. The lowest BCUT2D eigenvalue weighted by Gasteiger charge is -2.11. The van der Waals surface area contributed by atoms with Gasteiger partial charge >= 0.3 is 5.97 Å². The third-order valence-electron chi connectivity index (χ3n) is 3.85. The second kappa shape index (κ2) is 6.27. The van der Waals surface area contributed by atoms with Crippen LogP contribution in [0.1, 0.15) is 34.4 Å². The Morgan fingerprint density at radius 3 is 2.75 bits per heavy atom.